The lowest BCUT2D eigenvalue weighted by Gasteiger charge is -2.31. The highest BCUT2D eigenvalue weighted by Gasteiger charge is 2.52. The summed E-state index contributed by atoms with van der Waals surface area (Å²) in [5, 5.41) is 4.63. The van der Waals surface area contributed by atoms with Crippen LogP contribution in [-0.4, -0.2) is 0 Å². The third-order valence-electron chi connectivity index (χ3n) is 10.7. The van der Waals surface area contributed by atoms with Gasteiger partial charge in [0.2, 0.25) is 0 Å². The first-order valence-corrected chi connectivity index (χ1v) is 18.2. The number of rotatable bonds is 6. The Labute approximate surface area is 307 Å². The van der Waals surface area contributed by atoms with E-state index in [1.54, 1.807) is 11.3 Å². The minimum absolute atomic E-state index is 0.449. The van der Waals surface area contributed by atoms with Crippen molar-refractivity contribution in [2.45, 2.75) is 12.3 Å². The van der Waals surface area contributed by atoms with Crippen LogP contribution in [-0.2, 0) is 5.41 Å². The van der Waals surface area contributed by atoms with E-state index in [2.05, 4.69) is 141 Å². The van der Waals surface area contributed by atoms with E-state index in [0.717, 1.165) is 22.4 Å². The topological polar surface area (TPSA) is 30.5 Å². The van der Waals surface area contributed by atoms with Crippen molar-refractivity contribution in [3.8, 4) is 45.3 Å². The monoisotopic (exact) mass is 687 g/mol. The lowest BCUT2D eigenvalue weighted by atomic mass is 9.70. The smallest absolute Gasteiger partial charge is 0.172 e. The van der Waals surface area contributed by atoms with E-state index in [1.807, 2.05) is 30.4 Å². The van der Waals surface area contributed by atoms with Crippen molar-refractivity contribution in [1.29, 1.82) is 0 Å². The highest BCUT2D eigenvalue weighted by Crippen LogP contribution is 2.64. The molecule has 2 aliphatic carbocycles. The summed E-state index contributed by atoms with van der Waals surface area (Å²) in [6, 6.07) is 45.1. The van der Waals surface area contributed by atoms with Gasteiger partial charge in [0.05, 0.1) is 5.41 Å². The molecular weight excluding hydrogens is 655 g/mol. The average Bonchev–Trinajstić information content (AvgIpc) is 3.77. The molecule has 3 nitrogen and oxygen atoms in total. The summed E-state index contributed by atoms with van der Waals surface area (Å²) in [5.41, 5.74) is 14.0. The van der Waals surface area contributed by atoms with Crippen LogP contribution in [0.25, 0.3) is 37.9 Å². The van der Waals surface area contributed by atoms with Gasteiger partial charge in [0.25, 0.3) is 0 Å². The maximum absolute atomic E-state index is 6.68. The van der Waals surface area contributed by atoms with Gasteiger partial charge in [-0.1, -0.05) is 117 Å². The largest absolute Gasteiger partial charge is 0.449 e. The van der Waals surface area contributed by atoms with Crippen LogP contribution in [0.1, 0.15) is 32.7 Å². The summed E-state index contributed by atoms with van der Waals surface area (Å²) in [7, 11) is 0. The van der Waals surface area contributed by atoms with Crippen molar-refractivity contribution in [1.82, 2.24) is 0 Å². The standard InChI is InChI=1S/C48H33NO2S/c1-28(30(3)47-31(4)52-46-20-12-8-16-36(46)47)21-22-29(2)49-32-23-24-42-43(25-32)51-45-27-41-37(26-44(45)50-42)35-15-7-11-19-40(35)48(41)38-17-9-5-13-33(38)34-14-6-10-18-39(34)48/h5-27,49H,1-3H2,4H3/b22-21-. The second-order valence-electron chi connectivity index (χ2n) is 13.6. The number of thiophene rings is 1. The van der Waals surface area contributed by atoms with Gasteiger partial charge < -0.3 is 14.8 Å². The van der Waals surface area contributed by atoms with Crippen LogP contribution in [0.2, 0.25) is 0 Å². The van der Waals surface area contributed by atoms with Gasteiger partial charge in [-0.05, 0) is 99.0 Å². The Balaban J connectivity index is 0.952. The number of allylic oxidation sites excluding steroid dienone is 4. The molecule has 1 aromatic heterocycles. The molecule has 0 saturated carbocycles. The molecule has 10 rings (SSSR count). The summed E-state index contributed by atoms with van der Waals surface area (Å²) >= 11 is 1.78. The summed E-state index contributed by atoms with van der Waals surface area (Å²) < 4.78 is 14.5. The number of hydrogen-bond acceptors (Lipinski definition) is 4. The molecule has 0 amide bonds. The summed E-state index contributed by atoms with van der Waals surface area (Å²) in [6.45, 7) is 15.1. The first kappa shape index (κ1) is 30.5. The molecule has 1 N–H and O–H groups in total. The Kier molecular flexibility index (Phi) is 6.63. The van der Waals surface area contributed by atoms with Gasteiger partial charge >= 0.3 is 0 Å². The molecule has 1 aliphatic heterocycles. The van der Waals surface area contributed by atoms with Crippen LogP contribution in [0.5, 0.6) is 23.0 Å². The maximum Gasteiger partial charge on any atom is 0.172 e. The summed E-state index contributed by atoms with van der Waals surface area (Å²) in [4.78, 5) is 1.23. The molecule has 0 saturated heterocycles. The van der Waals surface area contributed by atoms with E-state index in [9.17, 15) is 0 Å². The molecule has 0 radical (unpaired) electrons. The van der Waals surface area contributed by atoms with Crippen LogP contribution in [0.15, 0.2) is 171 Å². The van der Waals surface area contributed by atoms with Crippen molar-refractivity contribution in [2.24, 2.45) is 0 Å². The molecule has 7 aromatic rings. The summed E-state index contributed by atoms with van der Waals surface area (Å²) in [6.07, 6.45) is 3.90. The van der Waals surface area contributed by atoms with Crippen LogP contribution in [0, 0.1) is 6.92 Å². The molecule has 248 valence electrons. The zero-order valence-corrected chi connectivity index (χ0v) is 29.4. The van der Waals surface area contributed by atoms with Gasteiger partial charge in [-0.25, -0.2) is 0 Å². The second-order valence-corrected chi connectivity index (χ2v) is 14.9. The molecular formula is C48H33NO2S. The van der Waals surface area contributed by atoms with E-state index in [4.69, 9.17) is 9.47 Å². The number of anilines is 1. The third kappa shape index (κ3) is 4.31. The Morgan fingerprint density at radius 3 is 1.88 bits per heavy atom. The Morgan fingerprint density at radius 1 is 0.596 bits per heavy atom. The Bertz CT molecular complexity index is 2700. The van der Waals surface area contributed by atoms with Gasteiger partial charge in [0.1, 0.15) is 0 Å². The first-order valence-electron chi connectivity index (χ1n) is 17.4. The Morgan fingerprint density at radius 2 is 1.17 bits per heavy atom. The fourth-order valence-electron chi connectivity index (χ4n) is 8.48. The number of fused-ring (bicyclic) bond motifs is 13. The van der Waals surface area contributed by atoms with Gasteiger partial charge in [-0.2, -0.15) is 0 Å². The van der Waals surface area contributed by atoms with E-state index in [1.165, 1.54) is 59.5 Å². The van der Waals surface area contributed by atoms with E-state index in [0.29, 0.717) is 28.7 Å². The van der Waals surface area contributed by atoms with Gasteiger partial charge in [-0.15, -0.1) is 11.3 Å². The van der Waals surface area contributed by atoms with E-state index in [-0.39, 0.29) is 0 Å². The fraction of sp³-hybridized carbons (Fsp3) is 0.0417. The van der Waals surface area contributed by atoms with Crippen molar-refractivity contribution >= 4 is 32.7 Å². The molecule has 52 heavy (non-hydrogen) atoms. The van der Waals surface area contributed by atoms with Crippen LogP contribution in [0.3, 0.4) is 0 Å². The van der Waals surface area contributed by atoms with Crippen molar-refractivity contribution in [3.63, 3.8) is 0 Å². The molecule has 0 atom stereocenters. The maximum atomic E-state index is 6.68. The quantitative estimate of drug-likeness (QED) is 0.177. The zero-order valence-electron chi connectivity index (χ0n) is 28.6. The Hall–Kier alpha value is -6.36. The summed E-state index contributed by atoms with van der Waals surface area (Å²) in [5.74, 6) is 2.71. The van der Waals surface area contributed by atoms with Crippen LogP contribution >= 0.6 is 11.3 Å². The molecule has 4 heteroatoms. The highest BCUT2D eigenvalue weighted by molar-refractivity contribution is 7.19. The molecule has 0 fully saturated rings. The third-order valence-corrected chi connectivity index (χ3v) is 11.8. The highest BCUT2D eigenvalue weighted by atomic mass is 32.1. The van der Waals surface area contributed by atoms with E-state index >= 15 is 0 Å². The first-order chi connectivity index (χ1) is 25.4. The number of aryl methyl sites for hydroxylation is 1. The molecule has 0 unspecified atom stereocenters. The lowest BCUT2D eigenvalue weighted by molar-refractivity contribution is 0.359. The van der Waals surface area contributed by atoms with E-state index < -0.39 is 5.41 Å². The predicted octanol–water partition coefficient (Wildman–Crippen LogP) is 13.2. The molecule has 0 bridgehead atoms. The predicted molar refractivity (Wildman–Crippen MR) is 216 cm³/mol. The average molecular weight is 688 g/mol. The number of hydrogen-bond donors (Lipinski definition) is 1. The second kappa shape index (κ2) is 11.3. The SMILES string of the molecule is C=C(/C=C\C(=C)C(=C)c1c(C)sc2ccccc12)Nc1ccc2c(c1)Oc1cc3c(cc1O2)-c1ccccc1C31c2ccccc2-c2ccccc21. The number of nitrogens with one attached hydrogen (secondary N) is 1. The van der Waals surface area contributed by atoms with Crippen LogP contribution < -0.4 is 14.8 Å². The molecule has 6 aromatic carbocycles. The molecule has 2 heterocycles. The lowest BCUT2D eigenvalue weighted by Crippen LogP contribution is -2.25. The van der Waals surface area contributed by atoms with Crippen LogP contribution in [0.4, 0.5) is 5.69 Å². The normalized spacial score (nSPS) is 13.7. The van der Waals surface area contributed by atoms with Gasteiger partial charge in [-0.3, -0.25) is 0 Å². The van der Waals surface area contributed by atoms with Gasteiger partial charge in [0, 0.05) is 38.0 Å². The molecule has 1 spiro atoms. The van der Waals surface area contributed by atoms with Gasteiger partial charge in [0.15, 0.2) is 23.0 Å². The molecule has 3 aliphatic rings. The number of benzene rings is 6. The number of ether oxygens (including phenoxy) is 2. The zero-order chi connectivity index (χ0) is 35.1. The van der Waals surface area contributed by atoms with Crippen molar-refractivity contribution in [2.75, 3.05) is 5.32 Å². The van der Waals surface area contributed by atoms with Crippen molar-refractivity contribution in [3.05, 3.63) is 203 Å². The fourth-order valence-corrected chi connectivity index (χ4v) is 9.57. The van der Waals surface area contributed by atoms with Crippen molar-refractivity contribution < 1.29 is 9.47 Å². The minimum Gasteiger partial charge on any atom is -0.449 e. The minimum atomic E-state index is -0.449.